The van der Waals surface area contributed by atoms with Crippen LogP contribution in [0.25, 0.3) is 0 Å². The van der Waals surface area contributed by atoms with Gasteiger partial charge in [-0.15, -0.1) is 0 Å². The number of nitrogens with two attached hydrogens (primary N) is 1. The first-order valence-corrected chi connectivity index (χ1v) is 14.7. The van der Waals surface area contributed by atoms with E-state index >= 15 is 0 Å². The Hall–Kier alpha value is -1.61. The number of nitrogen functional groups attached to an aromatic ring is 1. The number of rotatable bonds is 4. The molecule has 2 N–H and O–H groups in total. The molecule has 0 bridgehead atoms. The highest BCUT2D eigenvalue weighted by molar-refractivity contribution is 6.74. The summed E-state index contributed by atoms with van der Waals surface area (Å²) in [5.41, 5.74) is 6.90. The monoisotopic (exact) mass is 478 g/mol. The summed E-state index contributed by atoms with van der Waals surface area (Å²) in [4.78, 5) is 15.3. The van der Waals surface area contributed by atoms with E-state index in [-0.39, 0.29) is 29.3 Å². The highest BCUT2D eigenvalue weighted by Gasteiger charge is 2.60. The van der Waals surface area contributed by atoms with Crippen molar-refractivity contribution in [2.75, 3.05) is 12.3 Å². The number of fused-ring (bicyclic) bond motifs is 1. The maximum absolute atomic E-state index is 13.6. The largest absolute Gasteiger partial charge is 0.444 e. The number of nitrogens with zero attached hydrogens (tertiary/aromatic N) is 1. The lowest BCUT2D eigenvalue weighted by atomic mass is 10.0. The molecule has 2 saturated heterocycles. The number of ether oxygens (including phenoxy) is 3. The summed E-state index contributed by atoms with van der Waals surface area (Å²) in [5.74, 6) is -0.753. The first kappa shape index (κ1) is 26.0. The highest BCUT2D eigenvalue weighted by Crippen LogP contribution is 2.48. The van der Waals surface area contributed by atoms with Crippen molar-refractivity contribution in [2.45, 2.75) is 109 Å². The van der Waals surface area contributed by atoms with E-state index in [1.54, 1.807) is 4.90 Å². The second-order valence-electron chi connectivity index (χ2n) is 12.2. The van der Waals surface area contributed by atoms with Crippen molar-refractivity contribution in [3.63, 3.8) is 0 Å². The van der Waals surface area contributed by atoms with Crippen molar-refractivity contribution in [1.29, 1.82) is 0 Å². The molecule has 4 atom stereocenters. The lowest BCUT2D eigenvalue weighted by molar-refractivity contribution is -0.168. The van der Waals surface area contributed by atoms with Crippen molar-refractivity contribution in [3.8, 4) is 0 Å². The molecule has 2 fully saturated rings. The number of hydrogen-bond acceptors (Lipinski definition) is 6. The molecule has 0 aromatic heterocycles. The van der Waals surface area contributed by atoms with Gasteiger partial charge >= 0.3 is 6.09 Å². The molecule has 1 amide bonds. The normalized spacial score (nSPS) is 27.5. The minimum absolute atomic E-state index is 0.0460. The van der Waals surface area contributed by atoms with Gasteiger partial charge < -0.3 is 24.4 Å². The number of likely N-dealkylation sites (tertiary alicyclic amines) is 1. The van der Waals surface area contributed by atoms with E-state index in [4.69, 9.17) is 24.4 Å². The third-order valence-corrected chi connectivity index (χ3v) is 11.3. The van der Waals surface area contributed by atoms with Crippen molar-refractivity contribution >= 4 is 20.1 Å². The average molecular weight is 479 g/mol. The summed E-state index contributed by atoms with van der Waals surface area (Å²) in [5, 5.41) is 0.0460. The van der Waals surface area contributed by atoms with E-state index < -0.39 is 25.8 Å². The van der Waals surface area contributed by atoms with Crippen LogP contribution in [0, 0.1) is 0 Å². The topological polar surface area (TPSA) is 83.2 Å². The summed E-state index contributed by atoms with van der Waals surface area (Å²) in [6.07, 6.45) is -1.07. The zero-order valence-corrected chi connectivity index (χ0v) is 22.9. The number of carbonyl (C=O) groups is 1. The number of benzene rings is 1. The summed E-state index contributed by atoms with van der Waals surface area (Å²) < 4.78 is 25.2. The molecule has 33 heavy (non-hydrogen) atoms. The maximum Gasteiger partial charge on any atom is 0.411 e. The summed E-state index contributed by atoms with van der Waals surface area (Å²) in [6.45, 7) is 20.8. The van der Waals surface area contributed by atoms with Crippen molar-refractivity contribution in [3.05, 3.63) is 29.8 Å². The Kier molecular flexibility index (Phi) is 6.74. The summed E-state index contributed by atoms with van der Waals surface area (Å²) in [6, 6.07) is 6.86. The van der Waals surface area contributed by atoms with Gasteiger partial charge in [0, 0.05) is 5.69 Å². The van der Waals surface area contributed by atoms with Crippen LogP contribution in [-0.4, -0.2) is 55.6 Å². The molecule has 2 heterocycles. The first-order chi connectivity index (χ1) is 14.9. The molecule has 0 saturated carbocycles. The molecule has 8 heteroatoms. The van der Waals surface area contributed by atoms with Crippen LogP contribution in [0.15, 0.2) is 24.3 Å². The average Bonchev–Trinajstić information content (AvgIpc) is 3.08. The van der Waals surface area contributed by atoms with Gasteiger partial charge in [-0.3, -0.25) is 4.90 Å². The van der Waals surface area contributed by atoms with E-state index in [2.05, 4.69) is 33.9 Å². The van der Waals surface area contributed by atoms with Crippen LogP contribution in [-0.2, 0) is 18.6 Å². The lowest BCUT2D eigenvalue weighted by Crippen LogP contribution is -2.50. The molecular weight excluding hydrogens is 436 g/mol. The summed E-state index contributed by atoms with van der Waals surface area (Å²) in [7, 11) is -2.06. The molecule has 7 nitrogen and oxygen atoms in total. The second-order valence-corrected chi connectivity index (χ2v) is 17.0. The number of anilines is 1. The lowest BCUT2D eigenvalue weighted by Gasteiger charge is -2.40. The zero-order chi connectivity index (χ0) is 25.0. The second kappa shape index (κ2) is 8.55. The molecule has 0 unspecified atom stereocenters. The van der Waals surface area contributed by atoms with Gasteiger partial charge in [0.2, 0.25) is 0 Å². The first-order valence-electron chi connectivity index (χ1n) is 11.8. The van der Waals surface area contributed by atoms with Crippen molar-refractivity contribution in [1.82, 2.24) is 4.90 Å². The molecule has 2 aliphatic heterocycles. The number of hydrogen-bond donors (Lipinski definition) is 1. The van der Waals surface area contributed by atoms with Gasteiger partial charge in [0.15, 0.2) is 14.1 Å². The fourth-order valence-corrected chi connectivity index (χ4v) is 5.19. The van der Waals surface area contributed by atoms with Gasteiger partial charge in [-0.1, -0.05) is 32.9 Å². The fourth-order valence-electron chi connectivity index (χ4n) is 4.17. The Balaban J connectivity index is 2.03. The van der Waals surface area contributed by atoms with Crippen LogP contribution in [0.2, 0.25) is 18.1 Å². The van der Waals surface area contributed by atoms with Crippen LogP contribution >= 0.6 is 0 Å². The van der Waals surface area contributed by atoms with Gasteiger partial charge in [-0.25, -0.2) is 4.79 Å². The molecule has 1 aromatic carbocycles. The highest BCUT2D eigenvalue weighted by atomic mass is 28.4. The molecule has 2 aliphatic rings. The van der Waals surface area contributed by atoms with Gasteiger partial charge in [0.1, 0.15) is 17.8 Å². The van der Waals surface area contributed by atoms with Crippen molar-refractivity contribution in [2.24, 2.45) is 0 Å². The molecule has 0 spiro atoms. The standard InChI is InChI=1S/C25H42N2O5Si/c1-23(2,3)32-22(28)27-18(15-29-33(9,10)24(4,5)6)20-21(31-25(7,8)30-20)19(27)16-11-13-17(26)14-12-16/h11-14,18-21H,15,26H2,1-10H3/t18-,19+,20-,21+/m1/s1. The number of carbonyl (C=O) groups excluding carboxylic acids is 1. The Morgan fingerprint density at radius 2 is 1.61 bits per heavy atom. The zero-order valence-electron chi connectivity index (χ0n) is 21.9. The van der Waals surface area contributed by atoms with Gasteiger partial charge in [-0.2, -0.15) is 0 Å². The van der Waals surface area contributed by atoms with E-state index in [0.29, 0.717) is 12.3 Å². The Morgan fingerprint density at radius 1 is 1.06 bits per heavy atom. The minimum Gasteiger partial charge on any atom is -0.444 e. The van der Waals surface area contributed by atoms with Gasteiger partial charge in [0.05, 0.1) is 18.7 Å². The molecular formula is C25H42N2O5Si. The fraction of sp³-hybridized carbons (Fsp3) is 0.720. The maximum atomic E-state index is 13.6. The van der Waals surface area contributed by atoms with Crippen LogP contribution in [0.3, 0.4) is 0 Å². The predicted molar refractivity (Wildman–Crippen MR) is 132 cm³/mol. The molecule has 3 rings (SSSR count). The minimum atomic E-state index is -2.06. The Labute approximate surface area is 200 Å². The van der Waals surface area contributed by atoms with Gasteiger partial charge in [0.25, 0.3) is 0 Å². The van der Waals surface area contributed by atoms with Crippen molar-refractivity contribution < 1.29 is 23.4 Å². The van der Waals surface area contributed by atoms with E-state index in [1.807, 2.05) is 58.9 Å². The molecule has 186 valence electrons. The third-order valence-electron chi connectivity index (χ3n) is 6.81. The number of amides is 1. The van der Waals surface area contributed by atoms with Crippen LogP contribution in [0.5, 0.6) is 0 Å². The predicted octanol–water partition coefficient (Wildman–Crippen LogP) is 5.47. The smallest absolute Gasteiger partial charge is 0.411 e. The SMILES string of the molecule is CC(C)(C)OC(=O)N1[C@H](CO[Si](C)(C)C(C)(C)C)[C@H]2OC(C)(C)O[C@H]2[C@@H]1c1ccc(N)cc1. The van der Waals surface area contributed by atoms with E-state index in [1.165, 1.54) is 0 Å². The van der Waals surface area contributed by atoms with Gasteiger partial charge in [-0.05, 0) is 70.4 Å². The quantitative estimate of drug-likeness (QED) is 0.456. The molecule has 0 aliphatic carbocycles. The molecule has 1 aromatic rings. The van der Waals surface area contributed by atoms with Crippen LogP contribution in [0.4, 0.5) is 10.5 Å². The molecule has 0 radical (unpaired) electrons. The van der Waals surface area contributed by atoms with Crippen LogP contribution < -0.4 is 5.73 Å². The third kappa shape index (κ3) is 5.56. The van der Waals surface area contributed by atoms with E-state index in [9.17, 15) is 4.79 Å². The summed E-state index contributed by atoms with van der Waals surface area (Å²) >= 11 is 0. The van der Waals surface area contributed by atoms with E-state index in [0.717, 1.165) is 5.56 Å². The van der Waals surface area contributed by atoms with Crippen LogP contribution in [0.1, 0.15) is 67.0 Å². The Bertz CT molecular complexity index is 857. The Morgan fingerprint density at radius 3 is 2.12 bits per heavy atom.